The quantitative estimate of drug-likeness (QED) is 0.668. The third kappa shape index (κ3) is 4.44. The van der Waals surface area contributed by atoms with Crippen LogP contribution in [0.15, 0.2) is 54.9 Å². The van der Waals surface area contributed by atoms with Crippen LogP contribution < -0.4 is 16.0 Å². The summed E-state index contributed by atoms with van der Waals surface area (Å²) in [4.78, 5) is 19.0. The standard InChI is InChI=1S/C25H27FN4O/c1-16-10-19(13-20(26)11-16)23-15-29-14-22(24(23)30-8-6-21(27)7-9-30)17-4-3-5-18(12-17)25(31)28-2/h3-5,10-15,21H,6-9,27H2,1-2H3,(H,28,31). The Balaban J connectivity index is 1.90. The lowest BCUT2D eigenvalue weighted by Gasteiger charge is -2.35. The molecule has 2 aromatic carbocycles. The molecule has 1 aliphatic heterocycles. The van der Waals surface area contributed by atoms with E-state index in [0.29, 0.717) is 5.56 Å². The number of piperidine rings is 1. The summed E-state index contributed by atoms with van der Waals surface area (Å²) in [6.45, 7) is 3.51. The lowest BCUT2D eigenvalue weighted by Crippen LogP contribution is -2.40. The summed E-state index contributed by atoms with van der Waals surface area (Å²) in [6, 6.07) is 12.7. The van der Waals surface area contributed by atoms with Crippen molar-refractivity contribution >= 4 is 11.6 Å². The van der Waals surface area contributed by atoms with Gasteiger partial charge in [-0.3, -0.25) is 9.78 Å². The highest BCUT2D eigenvalue weighted by atomic mass is 19.1. The number of benzene rings is 2. The predicted molar refractivity (Wildman–Crippen MR) is 123 cm³/mol. The van der Waals surface area contributed by atoms with E-state index >= 15 is 0 Å². The number of anilines is 1. The number of nitrogens with one attached hydrogen (secondary N) is 1. The number of halogens is 1. The van der Waals surface area contributed by atoms with Gasteiger partial charge in [-0.2, -0.15) is 0 Å². The Kier molecular flexibility index (Phi) is 6.00. The number of aryl methyl sites for hydroxylation is 1. The van der Waals surface area contributed by atoms with Gasteiger partial charge in [0.05, 0.1) is 5.69 Å². The van der Waals surface area contributed by atoms with Crippen molar-refractivity contribution in [2.24, 2.45) is 5.73 Å². The summed E-state index contributed by atoms with van der Waals surface area (Å²) < 4.78 is 14.2. The summed E-state index contributed by atoms with van der Waals surface area (Å²) in [5.74, 6) is -0.411. The average Bonchev–Trinajstić information content (AvgIpc) is 2.78. The molecule has 1 amide bonds. The van der Waals surface area contributed by atoms with Crippen LogP contribution in [0.4, 0.5) is 10.1 Å². The van der Waals surface area contributed by atoms with E-state index in [1.807, 2.05) is 37.4 Å². The molecular weight excluding hydrogens is 391 g/mol. The number of rotatable bonds is 4. The first-order valence-electron chi connectivity index (χ1n) is 10.5. The largest absolute Gasteiger partial charge is 0.370 e. The van der Waals surface area contributed by atoms with Gasteiger partial charge >= 0.3 is 0 Å². The van der Waals surface area contributed by atoms with Gasteiger partial charge in [0.2, 0.25) is 0 Å². The molecule has 0 atom stereocenters. The highest BCUT2D eigenvalue weighted by molar-refractivity contribution is 5.97. The van der Waals surface area contributed by atoms with Gasteiger partial charge in [0, 0.05) is 55.3 Å². The fourth-order valence-electron chi connectivity index (χ4n) is 4.20. The summed E-state index contributed by atoms with van der Waals surface area (Å²) >= 11 is 0. The van der Waals surface area contributed by atoms with E-state index in [4.69, 9.17) is 5.73 Å². The minimum atomic E-state index is -0.270. The number of carbonyl (C=O) groups is 1. The van der Waals surface area contributed by atoms with Crippen molar-refractivity contribution in [3.8, 4) is 22.3 Å². The summed E-state index contributed by atoms with van der Waals surface area (Å²) in [5, 5.41) is 2.67. The summed E-state index contributed by atoms with van der Waals surface area (Å²) in [5.41, 5.74) is 12.1. The molecule has 4 rings (SSSR count). The van der Waals surface area contributed by atoms with Gasteiger partial charge in [0.25, 0.3) is 5.91 Å². The molecule has 160 valence electrons. The van der Waals surface area contributed by atoms with Crippen molar-refractivity contribution in [1.29, 1.82) is 0 Å². The van der Waals surface area contributed by atoms with Crippen molar-refractivity contribution in [3.05, 3.63) is 71.8 Å². The first-order chi connectivity index (χ1) is 15.0. The maximum atomic E-state index is 14.2. The van der Waals surface area contributed by atoms with Gasteiger partial charge in [0.15, 0.2) is 0 Å². The number of amides is 1. The maximum Gasteiger partial charge on any atom is 0.251 e. The monoisotopic (exact) mass is 418 g/mol. The second-order valence-electron chi connectivity index (χ2n) is 8.08. The van der Waals surface area contributed by atoms with Crippen molar-refractivity contribution in [3.63, 3.8) is 0 Å². The van der Waals surface area contributed by atoms with E-state index in [2.05, 4.69) is 15.2 Å². The van der Waals surface area contributed by atoms with Gasteiger partial charge in [-0.15, -0.1) is 0 Å². The number of hydrogen-bond donors (Lipinski definition) is 2. The minimum absolute atomic E-state index is 0.141. The zero-order valence-electron chi connectivity index (χ0n) is 17.9. The minimum Gasteiger partial charge on any atom is -0.370 e. The molecule has 3 N–H and O–H groups in total. The summed E-state index contributed by atoms with van der Waals surface area (Å²) in [6.07, 6.45) is 5.40. The van der Waals surface area contributed by atoms with E-state index in [-0.39, 0.29) is 17.8 Å². The fourth-order valence-corrected chi connectivity index (χ4v) is 4.20. The van der Waals surface area contributed by atoms with Crippen molar-refractivity contribution < 1.29 is 9.18 Å². The molecule has 0 bridgehead atoms. The Bertz CT molecular complexity index is 1090. The highest BCUT2D eigenvalue weighted by Gasteiger charge is 2.23. The molecule has 1 aromatic heterocycles. The van der Waals surface area contributed by atoms with Gasteiger partial charge < -0.3 is 16.0 Å². The lowest BCUT2D eigenvalue weighted by molar-refractivity contribution is 0.0963. The Morgan fingerprint density at radius 2 is 1.81 bits per heavy atom. The number of pyridine rings is 1. The Hall–Kier alpha value is -3.25. The third-order valence-corrected chi connectivity index (χ3v) is 5.79. The Labute approximate surface area is 182 Å². The second-order valence-corrected chi connectivity index (χ2v) is 8.08. The number of nitrogens with two attached hydrogens (primary N) is 1. The molecule has 1 fully saturated rings. The average molecular weight is 419 g/mol. The fraction of sp³-hybridized carbons (Fsp3) is 0.280. The SMILES string of the molecule is CNC(=O)c1cccc(-c2cncc(-c3cc(C)cc(F)c3)c2N2CCC(N)CC2)c1. The van der Waals surface area contributed by atoms with Crippen LogP contribution in [0.2, 0.25) is 0 Å². The van der Waals surface area contributed by atoms with Crippen LogP contribution in [0.1, 0.15) is 28.8 Å². The van der Waals surface area contributed by atoms with Crippen LogP contribution >= 0.6 is 0 Å². The zero-order chi connectivity index (χ0) is 22.0. The molecule has 0 radical (unpaired) electrons. The van der Waals surface area contributed by atoms with Crippen LogP contribution in [0.5, 0.6) is 0 Å². The number of carbonyl (C=O) groups excluding carboxylic acids is 1. The second kappa shape index (κ2) is 8.86. The molecular formula is C25H27FN4O. The maximum absolute atomic E-state index is 14.2. The van der Waals surface area contributed by atoms with Crippen LogP contribution in [0, 0.1) is 12.7 Å². The van der Waals surface area contributed by atoms with E-state index in [0.717, 1.165) is 59.4 Å². The number of nitrogens with zero attached hydrogens (tertiary/aromatic N) is 2. The molecule has 0 spiro atoms. The van der Waals surface area contributed by atoms with E-state index in [1.54, 1.807) is 25.4 Å². The molecule has 5 nitrogen and oxygen atoms in total. The molecule has 31 heavy (non-hydrogen) atoms. The number of hydrogen-bond acceptors (Lipinski definition) is 4. The van der Waals surface area contributed by atoms with Gasteiger partial charge in [0.1, 0.15) is 5.82 Å². The van der Waals surface area contributed by atoms with E-state index in [1.165, 1.54) is 6.07 Å². The first-order valence-corrected chi connectivity index (χ1v) is 10.5. The molecule has 3 aromatic rings. The smallest absolute Gasteiger partial charge is 0.251 e. The Morgan fingerprint density at radius 3 is 2.48 bits per heavy atom. The number of aromatic nitrogens is 1. The lowest BCUT2D eigenvalue weighted by atomic mass is 9.94. The topological polar surface area (TPSA) is 71.2 Å². The van der Waals surface area contributed by atoms with E-state index in [9.17, 15) is 9.18 Å². The molecule has 1 aliphatic rings. The highest BCUT2D eigenvalue weighted by Crippen LogP contribution is 2.40. The molecule has 1 saturated heterocycles. The Morgan fingerprint density at radius 1 is 1.10 bits per heavy atom. The normalized spacial score (nSPS) is 14.5. The first kappa shape index (κ1) is 21.0. The molecule has 0 saturated carbocycles. The van der Waals surface area contributed by atoms with Crippen molar-refractivity contribution in [2.75, 3.05) is 25.0 Å². The van der Waals surface area contributed by atoms with Crippen molar-refractivity contribution in [1.82, 2.24) is 10.3 Å². The van der Waals surface area contributed by atoms with Gasteiger partial charge in [-0.25, -0.2) is 4.39 Å². The molecule has 6 heteroatoms. The van der Waals surface area contributed by atoms with Crippen LogP contribution in [-0.2, 0) is 0 Å². The van der Waals surface area contributed by atoms with Crippen LogP contribution in [0.3, 0.4) is 0 Å². The third-order valence-electron chi connectivity index (χ3n) is 5.79. The molecule has 0 unspecified atom stereocenters. The van der Waals surface area contributed by atoms with Gasteiger partial charge in [-0.05, 0) is 60.7 Å². The zero-order valence-corrected chi connectivity index (χ0v) is 17.9. The molecule has 0 aliphatic carbocycles. The predicted octanol–water partition coefficient (Wildman–Crippen LogP) is 4.15. The van der Waals surface area contributed by atoms with E-state index < -0.39 is 0 Å². The van der Waals surface area contributed by atoms with Crippen LogP contribution in [0.25, 0.3) is 22.3 Å². The van der Waals surface area contributed by atoms with Gasteiger partial charge in [-0.1, -0.05) is 18.2 Å². The molecule has 2 heterocycles. The van der Waals surface area contributed by atoms with Crippen LogP contribution in [-0.4, -0.2) is 37.1 Å². The van der Waals surface area contributed by atoms with Crippen molar-refractivity contribution in [2.45, 2.75) is 25.8 Å². The summed E-state index contributed by atoms with van der Waals surface area (Å²) in [7, 11) is 1.62.